The third-order valence-corrected chi connectivity index (χ3v) is 3.56. The van der Waals surface area contributed by atoms with E-state index < -0.39 is 0 Å². The van der Waals surface area contributed by atoms with Crippen molar-refractivity contribution in [1.82, 2.24) is 5.32 Å². The first-order chi connectivity index (χ1) is 6.79. The lowest BCUT2D eigenvalue weighted by Crippen LogP contribution is -2.43. The van der Waals surface area contributed by atoms with Gasteiger partial charge < -0.3 is 10.2 Å². The fourth-order valence-corrected chi connectivity index (χ4v) is 2.20. The Kier molecular flexibility index (Phi) is 4.90. The van der Waals surface area contributed by atoms with Crippen LogP contribution in [0.5, 0.6) is 0 Å². The summed E-state index contributed by atoms with van der Waals surface area (Å²) in [5.41, 5.74) is 2.70. The van der Waals surface area contributed by atoms with E-state index in [4.69, 9.17) is 0 Å². The molecule has 1 heterocycles. The summed E-state index contributed by atoms with van der Waals surface area (Å²) in [6, 6.07) is 6.40. The molecule has 84 valence electrons. The van der Waals surface area contributed by atoms with Gasteiger partial charge in [0.25, 0.3) is 0 Å². The minimum Gasteiger partial charge on any atom is -0.369 e. The van der Waals surface area contributed by atoms with Crippen molar-refractivity contribution in [3.05, 3.63) is 28.2 Å². The fourth-order valence-electron chi connectivity index (χ4n) is 1.84. The molecule has 4 heteroatoms. The summed E-state index contributed by atoms with van der Waals surface area (Å²) in [4.78, 5) is 2.44. The average Bonchev–Trinajstić information content (AvgIpc) is 2.23. The van der Waals surface area contributed by atoms with Crippen LogP contribution in [0.15, 0.2) is 22.7 Å². The summed E-state index contributed by atoms with van der Waals surface area (Å²) in [7, 11) is 0. The van der Waals surface area contributed by atoms with E-state index in [2.05, 4.69) is 51.3 Å². The average molecular weight is 292 g/mol. The number of hydrogen-bond donors (Lipinski definition) is 1. The highest BCUT2D eigenvalue weighted by atomic mass is 79.9. The monoisotopic (exact) mass is 290 g/mol. The molecule has 0 radical (unpaired) electrons. The molecule has 1 N–H and O–H groups in total. The first-order valence-electron chi connectivity index (χ1n) is 5.00. The maximum atomic E-state index is 3.57. The van der Waals surface area contributed by atoms with Crippen LogP contribution in [0.3, 0.4) is 0 Å². The van der Waals surface area contributed by atoms with E-state index in [9.17, 15) is 0 Å². The molecule has 15 heavy (non-hydrogen) atoms. The van der Waals surface area contributed by atoms with Crippen molar-refractivity contribution < 1.29 is 0 Å². The topological polar surface area (TPSA) is 15.3 Å². The Hall–Kier alpha value is -0.250. The molecule has 1 fully saturated rings. The summed E-state index contributed by atoms with van der Waals surface area (Å²) in [5.74, 6) is 0. The second-order valence-electron chi connectivity index (χ2n) is 3.62. The van der Waals surface area contributed by atoms with Gasteiger partial charge in [0, 0.05) is 36.3 Å². The number of rotatable bonds is 1. The molecule has 0 bridgehead atoms. The predicted octanol–water partition coefficient (Wildman–Crippen LogP) is 2.59. The van der Waals surface area contributed by atoms with Gasteiger partial charge >= 0.3 is 0 Å². The zero-order chi connectivity index (χ0) is 9.97. The molecule has 0 spiro atoms. The highest BCUT2D eigenvalue weighted by molar-refractivity contribution is 9.10. The molecule has 0 aliphatic carbocycles. The molecule has 1 aromatic rings. The number of nitrogens with one attached hydrogen (secondary N) is 1. The van der Waals surface area contributed by atoms with E-state index in [0.717, 1.165) is 26.2 Å². The lowest BCUT2D eigenvalue weighted by Gasteiger charge is -2.30. The normalized spacial score (nSPS) is 16.0. The SMILES string of the molecule is Cc1c(Br)cccc1N1CCNCC1.Cl. The second kappa shape index (κ2) is 5.73. The molecule has 0 amide bonds. The molecule has 1 aliphatic rings. The van der Waals surface area contributed by atoms with Gasteiger partial charge in [-0.25, -0.2) is 0 Å². The van der Waals surface area contributed by atoms with Gasteiger partial charge in [-0.1, -0.05) is 22.0 Å². The van der Waals surface area contributed by atoms with E-state index in [1.807, 2.05) is 0 Å². The number of piperazine rings is 1. The first-order valence-corrected chi connectivity index (χ1v) is 5.79. The number of benzene rings is 1. The van der Waals surface area contributed by atoms with E-state index in [1.54, 1.807) is 0 Å². The van der Waals surface area contributed by atoms with Crippen LogP contribution in [0.4, 0.5) is 5.69 Å². The quantitative estimate of drug-likeness (QED) is 0.855. The minimum absolute atomic E-state index is 0. The Morgan fingerprint density at radius 3 is 2.60 bits per heavy atom. The van der Waals surface area contributed by atoms with Crippen molar-refractivity contribution in [2.75, 3.05) is 31.1 Å². The minimum atomic E-state index is 0. The number of anilines is 1. The van der Waals surface area contributed by atoms with Gasteiger partial charge in [-0.15, -0.1) is 12.4 Å². The highest BCUT2D eigenvalue weighted by Gasteiger charge is 2.12. The molecule has 0 atom stereocenters. The zero-order valence-electron chi connectivity index (χ0n) is 8.79. The summed E-state index contributed by atoms with van der Waals surface area (Å²) in [6.45, 7) is 6.56. The third-order valence-electron chi connectivity index (χ3n) is 2.70. The Bertz CT molecular complexity index is 324. The van der Waals surface area contributed by atoms with Crippen LogP contribution >= 0.6 is 28.3 Å². The lowest BCUT2D eigenvalue weighted by atomic mass is 10.1. The summed E-state index contributed by atoms with van der Waals surface area (Å²) >= 11 is 3.57. The summed E-state index contributed by atoms with van der Waals surface area (Å²) in [5, 5.41) is 3.37. The van der Waals surface area contributed by atoms with Crippen LogP contribution < -0.4 is 10.2 Å². The van der Waals surface area contributed by atoms with Crippen LogP contribution in [-0.2, 0) is 0 Å². The highest BCUT2D eigenvalue weighted by Crippen LogP contribution is 2.26. The molecule has 0 aromatic heterocycles. The lowest BCUT2D eigenvalue weighted by molar-refractivity contribution is 0.588. The molecule has 0 unspecified atom stereocenters. The predicted molar refractivity (Wildman–Crippen MR) is 71.2 cm³/mol. The summed E-state index contributed by atoms with van der Waals surface area (Å²) in [6.07, 6.45) is 0. The molecule has 1 aliphatic heterocycles. The first kappa shape index (κ1) is 12.8. The number of nitrogens with zero attached hydrogens (tertiary/aromatic N) is 1. The standard InChI is InChI=1S/C11H15BrN2.ClH/c1-9-10(12)3-2-4-11(9)14-7-5-13-6-8-14;/h2-4,13H,5-8H2,1H3;1H. The molecular formula is C11H16BrClN2. The van der Waals surface area contributed by atoms with Crippen LogP contribution in [0.25, 0.3) is 0 Å². The van der Waals surface area contributed by atoms with Crippen molar-refractivity contribution in [3.8, 4) is 0 Å². The van der Waals surface area contributed by atoms with E-state index in [-0.39, 0.29) is 12.4 Å². The van der Waals surface area contributed by atoms with E-state index >= 15 is 0 Å². The smallest absolute Gasteiger partial charge is 0.0408 e. The van der Waals surface area contributed by atoms with Crippen molar-refractivity contribution in [2.45, 2.75) is 6.92 Å². The largest absolute Gasteiger partial charge is 0.369 e. The van der Waals surface area contributed by atoms with Crippen LogP contribution in [0.2, 0.25) is 0 Å². The Morgan fingerprint density at radius 2 is 1.93 bits per heavy atom. The van der Waals surface area contributed by atoms with Crippen molar-refractivity contribution in [2.24, 2.45) is 0 Å². The van der Waals surface area contributed by atoms with Gasteiger partial charge in [-0.2, -0.15) is 0 Å². The molecule has 1 aromatic carbocycles. The van der Waals surface area contributed by atoms with Gasteiger partial charge in [0.05, 0.1) is 0 Å². The Labute approximate surface area is 106 Å². The third kappa shape index (κ3) is 2.86. The molecule has 2 nitrogen and oxygen atoms in total. The van der Waals surface area contributed by atoms with Crippen molar-refractivity contribution in [1.29, 1.82) is 0 Å². The van der Waals surface area contributed by atoms with Crippen molar-refractivity contribution in [3.63, 3.8) is 0 Å². The molecule has 0 saturated carbocycles. The van der Waals surface area contributed by atoms with Gasteiger partial charge in [-0.3, -0.25) is 0 Å². The number of halogens is 2. The van der Waals surface area contributed by atoms with Crippen LogP contribution in [-0.4, -0.2) is 26.2 Å². The molecule has 1 saturated heterocycles. The number of hydrogen-bond acceptors (Lipinski definition) is 2. The second-order valence-corrected chi connectivity index (χ2v) is 4.48. The molecular weight excluding hydrogens is 275 g/mol. The van der Waals surface area contributed by atoms with Gasteiger partial charge in [0.2, 0.25) is 0 Å². The van der Waals surface area contributed by atoms with Crippen molar-refractivity contribution >= 4 is 34.0 Å². The van der Waals surface area contributed by atoms with E-state index in [0.29, 0.717) is 0 Å². The zero-order valence-corrected chi connectivity index (χ0v) is 11.2. The fraction of sp³-hybridized carbons (Fsp3) is 0.455. The summed E-state index contributed by atoms with van der Waals surface area (Å²) < 4.78 is 1.20. The van der Waals surface area contributed by atoms with Crippen LogP contribution in [0, 0.1) is 6.92 Å². The van der Waals surface area contributed by atoms with Gasteiger partial charge in [-0.05, 0) is 24.6 Å². The maximum Gasteiger partial charge on any atom is 0.0408 e. The van der Waals surface area contributed by atoms with Gasteiger partial charge in [0.15, 0.2) is 0 Å². The Balaban J connectivity index is 0.00000112. The maximum absolute atomic E-state index is 3.57. The van der Waals surface area contributed by atoms with E-state index in [1.165, 1.54) is 15.7 Å². The van der Waals surface area contributed by atoms with Crippen LogP contribution in [0.1, 0.15) is 5.56 Å². The molecule has 2 rings (SSSR count). The Morgan fingerprint density at radius 1 is 1.27 bits per heavy atom. The van der Waals surface area contributed by atoms with Gasteiger partial charge in [0.1, 0.15) is 0 Å².